The van der Waals surface area contributed by atoms with E-state index < -0.39 is 89.6 Å². The molecule has 18 N–H and O–H groups in total. The van der Waals surface area contributed by atoms with Crippen LogP contribution in [0.25, 0.3) is 0 Å². The van der Waals surface area contributed by atoms with E-state index in [0.717, 1.165) is 13.8 Å². The van der Waals surface area contributed by atoms with E-state index in [1.165, 1.54) is 17.0 Å². The standard InChI is InChI=1S/C38H64N12O8.2C2H4O2/c1-5-22(4)30(34(55)48-28(36(57)58)19-21(2)3)49-32(53)27(20-23-12-14-24(51)15-13-23)47-33(54)29-11-8-18-50(29)35(56)26(10-7-17-45-38(42)43)46-31(52)25(39)9-6-16-44-37(40)41;2*1-2(3)4/h12-15,21-22,25-30,51H,5-11,16-20,39H2,1-4H3,(H,46,52)(H,47,54)(H,48,55)(H,49,53)(H,57,58)(H4,40,41,44)(H4,42,43,45);2*1H3,(H,3,4)/t22-,25-,26-,27-,28-,29-,30-;;/m0../s1. The molecule has 0 saturated carbocycles. The molecular formula is C42H72N12O12. The number of benzene rings is 1. The lowest BCUT2D eigenvalue weighted by Gasteiger charge is -2.31. The minimum Gasteiger partial charge on any atom is -0.508 e. The average Bonchev–Trinajstić information content (AvgIpc) is 3.72. The molecule has 24 heteroatoms. The third-order valence-corrected chi connectivity index (χ3v) is 9.83. The Labute approximate surface area is 384 Å². The van der Waals surface area contributed by atoms with E-state index in [1.807, 2.05) is 20.8 Å². The van der Waals surface area contributed by atoms with Crippen molar-refractivity contribution in [2.45, 2.75) is 136 Å². The van der Waals surface area contributed by atoms with E-state index in [9.17, 15) is 39.0 Å². The topological polar surface area (TPSA) is 424 Å². The summed E-state index contributed by atoms with van der Waals surface area (Å²) in [5.74, 6) is -6.73. The molecule has 1 saturated heterocycles. The number of nitrogens with zero attached hydrogens (tertiary/aromatic N) is 3. The van der Waals surface area contributed by atoms with Gasteiger partial charge in [0, 0.05) is 39.9 Å². The predicted molar refractivity (Wildman–Crippen MR) is 245 cm³/mol. The first-order chi connectivity index (χ1) is 30.8. The van der Waals surface area contributed by atoms with E-state index in [0.29, 0.717) is 31.2 Å². The highest BCUT2D eigenvalue weighted by molar-refractivity contribution is 5.97. The molecule has 1 aromatic carbocycles. The molecule has 7 atom stereocenters. The number of hydrogen-bond acceptors (Lipinski definition) is 12. The van der Waals surface area contributed by atoms with E-state index in [1.54, 1.807) is 19.1 Å². The van der Waals surface area contributed by atoms with E-state index in [2.05, 4.69) is 31.3 Å². The Balaban J connectivity index is 0.00000486. The fourth-order valence-corrected chi connectivity index (χ4v) is 6.45. The first-order valence-corrected chi connectivity index (χ1v) is 21.6. The predicted octanol–water partition coefficient (Wildman–Crippen LogP) is -1.34. The highest BCUT2D eigenvalue weighted by Crippen LogP contribution is 2.21. The number of phenolic OH excluding ortho intramolecular Hbond substituents is 1. The third-order valence-electron chi connectivity index (χ3n) is 9.83. The van der Waals surface area contributed by atoms with Gasteiger partial charge in [-0.1, -0.05) is 46.2 Å². The van der Waals surface area contributed by atoms with Crippen LogP contribution in [0.3, 0.4) is 0 Å². The van der Waals surface area contributed by atoms with Crippen LogP contribution < -0.4 is 49.9 Å². The quantitative estimate of drug-likeness (QED) is 0.0324. The van der Waals surface area contributed by atoms with Crippen LogP contribution in [0.2, 0.25) is 0 Å². The summed E-state index contributed by atoms with van der Waals surface area (Å²) < 4.78 is 0. The highest BCUT2D eigenvalue weighted by atomic mass is 16.4. The normalized spacial score (nSPS) is 15.5. The largest absolute Gasteiger partial charge is 0.508 e. The van der Waals surface area contributed by atoms with Crippen LogP contribution in [0.1, 0.15) is 98.5 Å². The Morgan fingerprint density at radius 2 is 1.26 bits per heavy atom. The molecule has 66 heavy (non-hydrogen) atoms. The number of carboxylic acids is 3. The van der Waals surface area contributed by atoms with Gasteiger partial charge in [-0.2, -0.15) is 0 Å². The summed E-state index contributed by atoms with van der Waals surface area (Å²) in [6, 6.07) is -0.652. The van der Waals surface area contributed by atoms with Gasteiger partial charge in [0.25, 0.3) is 11.9 Å². The van der Waals surface area contributed by atoms with Crippen LogP contribution in [0.4, 0.5) is 0 Å². The summed E-state index contributed by atoms with van der Waals surface area (Å²) in [5, 5.41) is 45.2. The summed E-state index contributed by atoms with van der Waals surface area (Å²) in [7, 11) is 0. The van der Waals surface area contributed by atoms with Gasteiger partial charge in [0.2, 0.25) is 29.5 Å². The number of carboxylic acid groups (broad SMARTS) is 3. The van der Waals surface area contributed by atoms with Crippen molar-refractivity contribution in [2.24, 2.45) is 50.5 Å². The molecule has 0 radical (unpaired) electrons. The summed E-state index contributed by atoms with van der Waals surface area (Å²) >= 11 is 0. The zero-order valence-corrected chi connectivity index (χ0v) is 38.7. The Morgan fingerprint density at radius 3 is 1.74 bits per heavy atom. The van der Waals surface area contributed by atoms with Crippen molar-refractivity contribution in [1.82, 2.24) is 26.2 Å². The number of carbonyl (C=O) groups excluding carboxylic acids is 5. The molecule has 0 aliphatic carbocycles. The Morgan fingerprint density at radius 1 is 0.742 bits per heavy atom. The summed E-state index contributed by atoms with van der Waals surface area (Å²) in [6.45, 7) is 10.0. The van der Waals surface area contributed by atoms with Crippen LogP contribution in [0.15, 0.2) is 34.3 Å². The van der Waals surface area contributed by atoms with Crippen molar-refractivity contribution in [3.05, 3.63) is 29.8 Å². The number of rotatable bonds is 24. The van der Waals surface area contributed by atoms with Crippen LogP contribution in [-0.2, 0) is 44.8 Å². The summed E-state index contributed by atoms with van der Waals surface area (Å²) in [5.41, 5.74) is 28.3. The molecule has 0 bridgehead atoms. The van der Waals surface area contributed by atoms with Gasteiger partial charge >= 0.3 is 5.97 Å². The maximum atomic E-state index is 14.1. The zero-order valence-electron chi connectivity index (χ0n) is 38.7. The number of hydrogen-bond donors (Lipinski definition) is 13. The van der Waals surface area contributed by atoms with Gasteiger partial charge < -0.3 is 75.3 Å². The number of aliphatic carboxylic acids is 3. The average molecular weight is 937 g/mol. The molecular weight excluding hydrogens is 865 g/mol. The fraction of sp³-hybridized carbons (Fsp3) is 0.619. The van der Waals surface area contributed by atoms with Crippen molar-refractivity contribution in [1.29, 1.82) is 0 Å². The van der Waals surface area contributed by atoms with Crippen molar-refractivity contribution in [2.75, 3.05) is 19.6 Å². The molecule has 0 unspecified atom stereocenters. The number of guanidine groups is 2. The lowest BCUT2D eigenvalue weighted by atomic mass is 9.96. The van der Waals surface area contributed by atoms with Crippen LogP contribution >= 0.6 is 0 Å². The van der Waals surface area contributed by atoms with Gasteiger partial charge in [0.15, 0.2) is 11.9 Å². The number of nitrogens with two attached hydrogens (primary N) is 5. The van der Waals surface area contributed by atoms with Crippen molar-refractivity contribution in [3.8, 4) is 5.75 Å². The lowest BCUT2D eigenvalue weighted by Crippen LogP contribution is -2.60. The molecule has 0 spiro atoms. The Hall–Kier alpha value is -6.72. The Bertz CT molecular complexity index is 1780. The third kappa shape index (κ3) is 24.9. The Kier molecular flexibility index (Phi) is 28.0. The maximum absolute atomic E-state index is 14.1. The van der Waals surface area contributed by atoms with Crippen molar-refractivity contribution >= 4 is 59.4 Å². The molecule has 5 amide bonds. The molecule has 1 aliphatic rings. The second-order valence-electron chi connectivity index (χ2n) is 16.1. The molecule has 24 nitrogen and oxygen atoms in total. The van der Waals surface area contributed by atoms with E-state index in [-0.39, 0.29) is 75.3 Å². The monoisotopic (exact) mass is 937 g/mol. The highest BCUT2D eigenvalue weighted by Gasteiger charge is 2.40. The second kappa shape index (κ2) is 31.2. The number of nitrogens with one attached hydrogen (secondary N) is 4. The number of aliphatic imine (C=N–C) groups is 2. The van der Waals surface area contributed by atoms with Gasteiger partial charge in [0.1, 0.15) is 36.0 Å². The molecule has 1 aromatic rings. The SMILES string of the molecule is CC(=O)O.CC(=O)O.CC[C@H](C)[C@H](NC(=O)[C@H](Cc1ccc(O)cc1)NC(=O)[C@@H]1CCCN1C(=O)[C@H](CCCN=C(N)N)NC(=O)[C@@H](N)CCCN=C(N)N)C(=O)N[C@@H](CC(C)C)C(=O)O. The second-order valence-corrected chi connectivity index (χ2v) is 16.1. The molecule has 1 heterocycles. The van der Waals surface area contributed by atoms with Gasteiger partial charge in [-0.25, -0.2) is 4.79 Å². The van der Waals surface area contributed by atoms with Gasteiger partial charge in [-0.15, -0.1) is 0 Å². The first-order valence-electron chi connectivity index (χ1n) is 21.6. The number of likely N-dealkylation sites (tertiary alicyclic amines) is 1. The van der Waals surface area contributed by atoms with E-state index >= 15 is 0 Å². The maximum Gasteiger partial charge on any atom is 0.326 e. The minimum absolute atomic E-state index is 0.0105. The van der Waals surface area contributed by atoms with Crippen molar-refractivity contribution in [3.63, 3.8) is 0 Å². The van der Waals surface area contributed by atoms with Gasteiger partial charge in [-0.05, 0) is 74.5 Å². The number of carbonyl (C=O) groups is 8. The molecule has 0 aromatic heterocycles. The molecule has 2 rings (SSSR count). The van der Waals surface area contributed by atoms with Crippen LogP contribution in [0.5, 0.6) is 5.75 Å². The zero-order chi connectivity index (χ0) is 50.7. The van der Waals surface area contributed by atoms with E-state index in [4.69, 9.17) is 48.5 Å². The van der Waals surface area contributed by atoms with Crippen LogP contribution in [-0.4, -0.2) is 141 Å². The number of amides is 5. The summed E-state index contributed by atoms with van der Waals surface area (Å²) in [6.07, 6.45) is 2.36. The number of aromatic hydroxyl groups is 1. The smallest absolute Gasteiger partial charge is 0.326 e. The molecule has 372 valence electrons. The molecule has 1 fully saturated rings. The van der Waals surface area contributed by atoms with Gasteiger partial charge in [-0.3, -0.25) is 43.5 Å². The number of phenols is 1. The lowest BCUT2D eigenvalue weighted by molar-refractivity contribution is -0.143. The summed E-state index contributed by atoms with van der Waals surface area (Å²) in [4.78, 5) is 108. The first kappa shape index (κ1) is 59.3. The van der Waals surface area contributed by atoms with Gasteiger partial charge in [0.05, 0.1) is 6.04 Å². The van der Waals surface area contributed by atoms with Crippen LogP contribution in [0, 0.1) is 11.8 Å². The fourth-order valence-electron chi connectivity index (χ4n) is 6.45. The van der Waals surface area contributed by atoms with Crippen molar-refractivity contribution < 1.29 is 58.8 Å². The minimum atomic E-state index is -1.26. The molecule has 1 aliphatic heterocycles.